The maximum Gasteiger partial charge on any atom is 0.0363 e. The number of benzene rings is 2. The van der Waals surface area contributed by atoms with Gasteiger partial charge in [-0.1, -0.05) is 49.4 Å². The molecule has 0 aliphatic rings. The molecule has 2 rings (SSSR count). The van der Waals surface area contributed by atoms with Crippen LogP contribution >= 0.6 is 12.6 Å². The van der Waals surface area contributed by atoms with Crippen LogP contribution in [0.3, 0.4) is 0 Å². The standard InChI is InChI=1S/C18H23NS/c1-3-15-9-11-18(12-10-15)19(2)13-17(14-20)16-7-5-4-6-8-16/h4-12,17,20H,3,13-14H2,1-2H3. The fourth-order valence-corrected chi connectivity index (χ4v) is 2.74. The Bertz CT molecular complexity index is 507. The Balaban J connectivity index is 2.06. The van der Waals surface area contributed by atoms with Gasteiger partial charge in [0.15, 0.2) is 0 Å². The molecule has 0 aliphatic carbocycles. The first kappa shape index (κ1) is 15.0. The molecule has 0 saturated heterocycles. The van der Waals surface area contributed by atoms with Crippen LogP contribution in [0.15, 0.2) is 54.6 Å². The minimum absolute atomic E-state index is 0.454. The van der Waals surface area contributed by atoms with Crippen LogP contribution in [-0.2, 0) is 6.42 Å². The lowest BCUT2D eigenvalue weighted by Crippen LogP contribution is -2.25. The zero-order valence-corrected chi connectivity index (χ0v) is 13.2. The molecule has 0 saturated carbocycles. The van der Waals surface area contributed by atoms with Crippen molar-refractivity contribution in [1.82, 2.24) is 0 Å². The van der Waals surface area contributed by atoms with Crippen LogP contribution in [0.5, 0.6) is 0 Å². The van der Waals surface area contributed by atoms with E-state index in [9.17, 15) is 0 Å². The largest absolute Gasteiger partial charge is 0.374 e. The van der Waals surface area contributed by atoms with Crippen molar-refractivity contribution >= 4 is 18.3 Å². The first-order chi connectivity index (χ1) is 9.74. The summed E-state index contributed by atoms with van der Waals surface area (Å²) in [5, 5.41) is 0. The van der Waals surface area contributed by atoms with E-state index in [1.807, 2.05) is 0 Å². The third-order valence-electron chi connectivity index (χ3n) is 3.77. The molecule has 2 aromatic rings. The van der Waals surface area contributed by atoms with Crippen LogP contribution in [0.4, 0.5) is 5.69 Å². The topological polar surface area (TPSA) is 3.24 Å². The van der Waals surface area contributed by atoms with E-state index in [4.69, 9.17) is 0 Å². The Morgan fingerprint density at radius 2 is 1.65 bits per heavy atom. The van der Waals surface area contributed by atoms with Gasteiger partial charge in [-0.2, -0.15) is 12.6 Å². The van der Waals surface area contributed by atoms with E-state index in [1.54, 1.807) is 0 Å². The average Bonchev–Trinajstić information content (AvgIpc) is 2.53. The lowest BCUT2D eigenvalue weighted by Gasteiger charge is -2.25. The van der Waals surface area contributed by atoms with Crippen molar-refractivity contribution in [2.75, 3.05) is 24.2 Å². The molecule has 2 heteroatoms. The molecular formula is C18H23NS. The fourth-order valence-electron chi connectivity index (χ4n) is 2.42. The Morgan fingerprint density at radius 1 is 1.00 bits per heavy atom. The van der Waals surface area contributed by atoms with Crippen LogP contribution in [0, 0.1) is 0 Å². The minimum atomic E-state index is 0.454. The quantitative estimate of drug-likeness (QED) is 0.770. The Hall–Kier alpha value is -1.41. The van der Waals surface area contributed by atoms with Crippen molar-refractivity contribution in [3.05, 3.63) is 65.7 Å². The predicted octanol–water partition coefficient (Wildman–Crippen LogP) is 4.40. The first-order valence-electron chi connectivity index (χ1n) is 7.20. The van der Waals surface area contributed by atoms with E-state index in [0.29, 0.717) is 5.92 Å². The van der Waals surface area contributed by atoms with Crippen LogP contribution in [-0.4, -0.2) is 19.3 Å². The second-order valence-corrected chi connectivity index (χ2v) is 5.56. The summed E-state index contributed by atoms with van der Waals surface area (Å²) in [7, 11) is 2.15. The molecule has 0 bridgehead atoms. The van der Waals surface area contributed by atoms with E-state index in [0.717, 1.165) is 18.7 Å². The highest BCUT2D eigenvalue weighted by atomic mass is 32.1. The Morgan fingerprint density at radius 3 is 2.20 bits per heavy atom. The molecule has 0 fully saturated rings. The Kier molecular flexibility index (Phi) is 5.54. The fraction of sp³-hybridized carbons (Fsp3) is 0.333. The van der Waals surface area contributed by atoms with Crippen molar-refractivity contribution in [1.29, 1.82) is 0 Å². The minimum Gasteiger partial charge on any atom is -0.374 e. The van der Waals surface area contributed by atoms with Crippen LogP contribution in [0.2, 0.25) is 0 Å². The van der Waals surface area contributed by atoms with Crippen LogP contribution < -0.4 is 4.90 Å². The van der Waals surface area contributed by atoms with Crippen LogP contribution in [0.1, 0.15) is 24.0 Å². The van der Waals surface area contributed by atoms with Crippen molar-refractivity contribution in [2.24, 2.45) is 0 Å². The summed E-state index contributed by atoms with van der Waals surface area (Å²) in [5.41, 5.74) is 4.01. The van der Waals surface area contributed by atoms with E-state index in [1.165, 1.54) is 16.8 Å². The average molecular weight is 285 g/mol. The molecule has 20 heavy (non-hydrogen) atoms. The number of thiol groups is 1. The highest BCUT2D eigenvalue weighted by Gasteiger charge is 2.12. The van der Waals surface area contributed by atoms with Gasteiger partial charge in [-0.05, 0) is 35.4 Å². The van der Waals surface area contributed by atoms with Gasteiger partial charge in [0.25, 0.3) is 0 Å². The van der Waals surface area contributed by atoms with Gasteiger partial charge in [0.1, 0.15) is 0 Å². The first-order valence-corrected chi connectivity index (χ1v) is 7.83. The number of nitrogens with zero attached hydrogens (tertiary/aromatic N) is 1. The summed E-state index contributed by atoms with van der Waals surface area (Å²) in [6, 6.07) is 19.5. The summed E-state index contributed by atoms with van der Waals surface area (Å²) in [6.45, 7) is 3.17. The molecular weight excluding hydrogens is 262 g/mol. The van der Waals surface area contributed by atoms with Crippen LogP contribution in [0.25, 0.3) is 0 Å². The molecule has 0 N–H and O–H groups in total. The Labute approximate surface area is 128 Å². The smallest absolute Gasteiger partial charge is 0.0363 e. The molecule has 0 radical (unpaired) electrons. The highest BCUT2D eigenvalue weighted by Crippen LogP contribution is 2.22. The van der Waals surface area contributed by atoms with Gasteiger partial charge >= 0.3 is 0 Å². The normalized spacial score (nSPS) is 12.2. The highest BCUT2D eigenvalue weighted by molar-refractivity contribution is 7.80. The SMILES string of the molecule is CCc1ccc(N(C)CC(CS)c2ccccc2)cc1. The zero-order chi connectivity index (χ0) is 14.4. The van der Waals surface area contributed by atoms with E-state index in [2.05, 4.69) is 86.1 Å². The summed E-state index contributed by atoms with van der Waals surface area (Å²) in [4.78, 5) is 2.31. The summed E-state index contributed by atoms with van der Waals surface area (Å²) in [6.07, 6.45) is 1.09. The number of rotatable bonds is 6. The number of hydrogen-bond donors (Lipinski definition) is 1. The lowest BCUT2D eigenvalue weighted by atomic mass is 10.0. The van der Waals surface area contributed by atoms with Crippen molar-refractivity contribution < 1.29 is 0 Å². The third-order valence-corrected chi connectivity index (χ3v) is 4.21. The third kappa shape index (κ3) is 3.80. The van der Waals surface area contributed by atoms with E-state index < -0.39 is 0 Å². The number of anilines is 1. The van der Waals surface area contributed by atoms with Gasteiger partial charge in [0, 0.05) is 25.2 Å². The maximum absolute atomic E-state index is 4.52. The van der Waals surface area contributed by atoms with Gasteiger partial charge in [-0.15, -0.1) is 0 Å². The summed E-state index contributed by atoms with van der Waals surface area (Å²) >= 11 is 4.52. The summed E-state index contributed by atoms with van der Waals surface area (Å²) in [5.74, 6) is 1.32. The maximum atomic E-state index is 4.52. The molecule has 1 atom stereocenters. The second-order valence-electron chi connectivity index (χ2n) is 5.19. The van der Waals surface area contributed by atoms with Gasteiger partial charge in [0.05, 0.1) is 0 Å². The van der Waals surface area contributed by atoms with Crippen molar-refractivity contribution in [3.63, 3.8) is 0 Å². The molecule has 1 nitrogen and oxygen atoms in total. The molecule has 0 heterocycles. The molecule has 1 unspecified atom stereocenters. The number of likely N-dealkylation sites (N-methyl/N-ethyl adjacent to an activating group) is 1. The predicted molar refractivity (Wildman–Crippen MR) is 92.1 cm³/mol. The monoisotopic (exact) mass is 285 g/mol. The number of hydrogen-bond acceptors (Lipinski definition) is 2. The van der Waals surface area contributed by atoms with E-state index >= 15 is 0 Å². The summed E-state index contributed by atoms with van der Waals surface area (Å²) < 4.78 is 0. The van der Waals surface area contributed by atoms with E-state index in [-0.39, 0.29) is 0 Å². The molecule has 2 aromatic carbocycles. The van der Waals surface area contributed by atoms with Gasteiger partial charge in [-0.3, -0.25) is 0 Å². The number of aryl methyl sites for hydroxylation is 1. The van der Waals surface area contributed by atoms with Crippen molar-refractivity contribution in [3.8, 4) is 0 Å². The molecule has 106 valence electrons. The van der Waals surface area contributed by atoms with Gasteiger partial charge < -0.3 is 4.90 Å². The van der Waals surface area contributed by atoms with Gasteiger partial charge in [0.2, 0.25) is 0 Å². The molecule has 0 aliphatic heterocycles. The lowest BCUT2D eigenvalue weighted by molar-refractivity contribution is 0.744. The zero-order valence-electron chi connectivity index (χ0n) is 12.3. The molecule has 0 aromatic heterocycles. The van der Waals surface area contributed by atoms with Gasteiger partial charge in [-0.25, -0.2) is 0 Å². The second kappa shape index (κ2) is 7.39. The molecule has 0 spiro atoms. The molecule has 0 amide bonds. The van der Waals surface area contributed by atoms with Crippen molar-refractivity contribution in [2.45, 2.75) is 19.3 Å².